The molecule has 0 spiro atoms. The van der Waals surface area contributed by atoms with Crippen LogP contribution in [0.5, 0.6) is 0 Å². The molecule has 0 bridgehead atoms. The van der Waals surface area contributed by atoms with Gasteiger partial charge in [-0.05, 0) is 48.4 Å². The summed E-state index contributed by atoms with van der Waals surface area (Å²) in [6, 6.07) is 9.05. The van der Waals surface area contributed by atoms with E-state index in [1.807, 2.05) is 20.8 Å². The number of aliphatic hydroxyl groups excluding tert-OH is 2. The van der Waals surface area contributed by atoms with Crippen LogP contribution in [0.1, 0.15) is 69.9 Å². The molecule has 38 heavy (non-hydrogen) atoms. The summed E-state index contributed by atoms with van der Waals surface area (Å²) in [5.74, 6) is -2.88. The first-order valence-corrected chi connectivity index (χ1v) is 13.6. The third kappa shape index (κ3) is 6.05. The zero-order valence-electron chi connectivity index (χ0n) is 21.8. The predicted octanol–water partition coefficient (Wildman–Crippen LogP) is 6.08. The second-order valence-corrected chi connectivity index (χ2v) is 11.7. The van der Waals surface area contributed by atoms with Crippen molar-refractivity contribution in [2.24, 2.45) is 5.41 Å². The molecule has 1 saturated heterocycles. The lowest BCUT2D eigenvalue weighted by Crippen LogP contribution is -2.45. The Morgan fingerprint density at radius 2 is 1.97 bits per heavy atom. The third-order valence-corrected chi connectivity index (χ3v) is 8.39. The largest absolute Gasteiger partial charge is 0.394 e. The van der Waals surface area contributed by atoms with Crippen LogP contribution in [0.4, 0.5) is 8.78 Å². The van der Waals surface area contributed by atoms with E-state index in [1.54, 1.807) is 6.07 Å². The van der Waals surface area contributed by atoms with Crippen molar-refractivity contribution < 1.29 is 23.8 Å². The Kier molecular flexibility index (Phi) is 9.94. The molecule has 1 aliphatic rings. The molecule has 1 heterocycles. The first-order chi connectivity index (χ1) is 17.9. The Morgan fingerprint density at radius 3 is 2.58 bits per heavy atom. The van der Waals surface area contributed by atoms with Gasteiger partial charge in [0, 0.05) is 29.0 Å². The third-order valence-electron chi connectivity index (χ3n) is 7.86. The summed E-state index contributed by atoms with van der Waals surface area (Å²) in [5.41, 5.74) is -1.88. The van der Waals surface area contributed by atoms with Crippen LogP contribution >= 0.6 is 23.2 Å². The second-order valence-electron chi connectivity index (χ2n) is 10.8. The van der Waals surface area contributed by atoms with Gasteiger partial charge >= 0.3 is 0 Å². The molecule has 5 nitrogen and oxygen atoms in total. The molecule has 2 aromatic carbocycles. The van der Waals surface area contributed by atoms with Gasteiger partial charge in [-0.1, -0.05) is 68.6 Å². The molecular formula is C29H34Cl2F2N2O3. The lowest BCUT2D eigenvalue weighted by Gasteiger charge is -2.38. The van der Waals surface area contributed by atoms with Crippen LogP contribution in [-0.4, -0.2) is 40.8 Å². The summed E-state index contributed by atoms with van der Waals surface area (Å²) in [7, 11) is 0. The second kappa shape index (κ2) is 12.4. The molecule has 1 aliphatic heterocycles. The predicted molar refractivity (Wildman–Crippen MR) is 144 cm³/mol. The summed E-state index contributed by atoms with van der Waals surface area (Å²) in [6.45, 7) is 5.63. The van der Waals surface area contributed by atoms with Crippen LogP contribution in [0.3, 0.4) is 0 Å². The molecule has 2 aromatic rings. The van der Waals surface area contributed by atoms with Crippen LogP contribution in [0.2, 0.25) is 10.0 Å². The molecule has 3 N–H and O–H groups in total. The summed E-state index contributed by atoms with van der Waals surface area (Å²) >= 11 is 12.2. The molecule has 9 heteroatoms. The molecule has 0 aromatic heterocycles. The molecule has 0 unspecified atom stereocenters. The fourth-order valence-electron chi connectivity index (χ4n) is 5.45. The van der Waals surface area contributed by atoms with E-state index in [0.29, 0.717) is 6.42 Å². The quantitative estimate of drug-likeness (QED) is 0.306. The number of carbonyl (C=O) groups excluding carboxylic acids is 1. The smallest absolute Gasteiger partial charge is 0.150 e. The van der Waals surface area contributed by atoms with E-state index in [2.05, 4.69) is 11.4 Å². The van der Waals surface area contributed by atoms with Crippen molar-refractivity contribution in [1.29, 1.82) is 5.26 Å². The van der Waals surface area contributed by atoms with Gasteiger partial charge in [0.25, 0.3) is 0 Å². The van der Waals surface area contributed by atoms with Gasteiger partial charge < -0.3 is 15.5 Å². The topological polar surface area (TPSA) is 93.3 Å². The monoisotopic (exact) mass is 566 g/mol. The number of benzene rings is 2. The van der Waals surface area contributed by atoms with Crippen molar-refractivity contribution in [1.82, 2.24) is 5.32 Å². The maximum Gasteiger partial charge on any atom is 0.150 e. The first-order valence-electron chi connectivity index (χ1n) is 12.8. The average Bonchev–Trinajstić information content (AvgIpc) is 3.19. The molecule has 5 atom stereocenters. The van der Waals surface area contributed by atoms with Crippen LogP contribution in [0.25, 0.3) is 0 Å². The minimum absolute atomic E-state index is 0.0158. The number of aliphatic hydroxyl groups is 2. The van der Waals surface area contributed by atoms with E-state index in [9.17, 15) is 15.2 Å². The number of hydrogen-bond acceptors (Lipinski definition) is 5. The number of halogens is 4. The Balaban J connectivity index is 2.25. The Labute approximate surface area is 232 Å². The Hall–Kier alpha value is -2.08. The fourth-order valence-corrected chi connectivity index (χ4v) is 5.79. The molecular weight excluding hydrogens is 533 g/mol. The molecule has 0 saturated carbocycles. The minimum Gasteiger partial charge on any atom is -0.394 e. The standard InChI is InChI=1S/C29H34Cl2F2N2O3/c1-4-28(2,3)14-24-29(16-34,20-12-11-17(30)13-22(20)32)25(19-8-6-9-21(31)26(19)33)27(35-24)23(38)10-5-7-18(37)15-36/h6,8-9,11-13,18,24-25,27,35-37H,4-5,7,10,14-15H2,1-3H3/t18-,24-,25-,27-,29-/m0/s1. The number of nitrogens with one attached hydrogen (secondary N) is 1. The normalized spacial score (nSPS) is 24.3. The zero-order chi connectivity index (χ0) is 28.3. The number of carbonyl (C=O) groups is 1. The van der Waals surface area contributed by atoms with Gasteiger partial charge in [-0.15, -0.1) is 0 Å². The molecule has 206 valence electrons. The molecule has 0 aliphatic carbocycles. The number of hydrogen-bond donors (Lipinski definition) is 3. The summed E-state index contributed by atoms with van der Waals surface area (Å²) in [4.78, 5) is 13.7. The van der Waals surface area contributed by atoms with Gasteiger partial charge in [0.1, 0.15) is 22.8 Å². The number of ketones is 1. The number of nitrogens with zero attached hydrogens (tertiary/aromatic N) is 1. The molecule has 3 rings (SSSR count). The van der Waals surface area contributed by atoms with Crippen LogP contribution in [-0.2, 0) is 10.2 Å². The average molecular weight is 568 g/mol. The lowest BCUT2D eigenvalue weighted by atomic mass is 9.62. The SMILES string of the molecule is CCC(C)(C)C[C@@H]1N[C@@H](C(=O)CCC[C@H](O)CO)[C@H](c2cccc(Cl)c2F)[C@@]1(C#N)c1ccc(Cl)cc1F. The highest BCUT2D eigenvalue weighted by Crippen LogP contribution is 2.53. The minimum atomic E-state index is -1.67. The van der Waals surface area contributed by atoms with Crippen molar-refractivity contribution in [2.45, 2.75) is 82.4 Å². The highest BCUT2D eigenvalue weighted by molar-refractivity contribution is 6.31. The van der Waals surface area contributed by atoms with Gasteiger partial charge in [0.15, 0.2) is 0 Å². The summed E-state index contributed by atoms with van der Waals surface area (Å²) in [6.07, 6.45) is 0.701. The van der Waals surface area contributed by atoms with Crippen molar-refractivity contribution in [3.63, 3.8) is 0 Å². The van der Waals surface area contributed by atoms with Crippen LogP contribution in [0, 0.1) is 28.4 Å². The fraction of sp³-hybridized carbons (Fsp3) is 0.517. The van der Waals surface area contributed by atoms with Gasteiger partial charge in [0.2, 0.25) is 0 Å². The van der Waals surface area contributed by atoms with Gasteiger partial charge in [0.05, 0.1) is 29.8 Å². The zero-order valence-corrected chi connectivity index (χ0v) is 23.3. The van der Waals surface area contributed by atoms with Gasteiger partial charge in [-0.2, -0.15) is 5.26 Å². The van der Waals surface area contributed by atoms with Crippen molar-refractivity contribution in [3.8, 4) is 6.07 Å². The van der Waals surface area contributed by atoms with Gasteiger partial charge in [-0.25, -0.2) is 8.78 Å². The maximum atomic E-state index is 15.6. The number of nitriles is 1. The maximum absolute atomic E-state index is 15.6. The molecule has 0 amide bonds. The van der Waals surface area contributed by atoms with Gasteiger partial charge in [-0.3, -0.25) is 4.79 Å². The number of rotatable bonds is 11. The van der Waals surface area contributed by atoms with Crippen LogP contribution in [0.15, 0.2) is 36.4 Å². The highest BCUT2D eigenvalue weighted by Gasteiger charge is 2.60. The van der Waals surface area contributed by atoms with Crippen LogP contribution < -0.4 is 5.32 Å². The molecule has 0 radical (unpaired) electrons. The van der Waals surface area contributed by atoms with Crippen molar-refractivity contribution in [3.05, 3.63) is 69.2 Å². The van der Waals surface area contributed by atoms with E-state index in [-0.39, 0.29) is 51.6 Å². The van der Waals surface area contributed by atoms with E-state index < -0.39 is 47.8 Å². The Morgan fingerprint density at radius 1 is 1.26 bits per heavy atom. The number of Topliss-reactive ketones (excluding diaryl/α,β-unsaturated/α-hetero) is 1. The summed E-state index contributed by atoms with van der Waals surface area (Å²) in [5, 5.41) is 33.0. The first kappa shape index (κ1) is 30.5. The van der Waals surface area contributed by atoms with E-state index in [4.69, 9.17) is 28.3 Å². The van der Waals surface area contributed by atoms with E-state index in [1.165, 1.54) is 24.3 Å². The van der Waals surface area contributed by atoms with E-state index >= 15 is 8.78 Å². The highest BCUT2D eigenvalue weighted by atomic mass is 35.5. The summed E-state index contributed by atoms with van der Waals surface area (Å²) < 4.78 is 31.3. The Bertz CT molecular complexity index is 1200. The van der Waals surface area contributed by atoms with E-state index in [0.717, 1.165) is 12.5 Å². The molecule has 1 fully saturated rings. The lowest BCUT2D eigenvalue weighted by molar-refractivity contribution is -0.121. The van der Waals surface area contributed by atoms with Crippen molar-refractivity contribution in [2.75, 3.05) is 6.61 Å². The van der Waals surface area contributed by atoms with Crippen molar-refractivity contribution >= 4 is 29.0 Å².